The third kappa shape index (κ3) is 1.35. The highest BCUT2D eigenvalue weighted by molar-refractivity contribution is 5.62. The molecule has 0 bridgehead atoms. The molecule has 0 saturated heterocycles. The molecular weight excluding hydrogens is 166 g/mol. The fourth-order valence-electron chi connectivity index (χ4n) is 1.73. The Kier molecular flexibility index (Phi) is 2.10. The molecule has 2 rings (SSSR count). The Balaban J connectivity index is 2.33. The molecule has 0 saturated carbocycles. The Bertz CT molecular complexity index is 312. The lowest BCUT2D eigenvalue weighted by molar-refractivity contribution is 0.276. The van der Waals surface area contributed by atoms with Crippen molar-refractivity contribution in [2.45, 2.75) is 12.5 Å². The van der Waals surface area contributed by atoms with Gasteiger partial charge in [-0.1, -0.05) is 6.07 Å². The Morgan fingerprint density at radius 1 is 1.62 bits per heavy atom. The van der Waals surface area contributed by atoms with Crippen LogP contribution in [0, 0.1) is 0 Å². The number of methoxy groups -OCH3 is 1. The lowest BCUT2D eigenvalue weighted by Gasteiger charge is -2.05. The van der Waals surface area contributed by atoms with Gasteiger partial charge >= 0.3 is 0 Å². The molecular formula is C10H13NO2. The van der Waals surface area contributed by atoms with Crippen LogP contribution in [0.5, 0.6) is 5.75 Å². The van der Waals surface area contributed by atoms with Gasteiger partial charge in [-0.05, 0) is 12.1 Å². The maximum absolute atomic E-state index is 9.00. The molecule has 1 heterocycles. The number of aliphatic hydroxyl groups is 1. The molecule has 3 nitrogen and oxygen atoms in total. The van der Waals surface area contributed by atoms with Crippen LogP contribution in [0.2, 0.25) is 0 Å². The van der Waals surface area contributed by atoms with Gasteiger partial charge in [0.2, 0.25) is 0 Å². The van der Waals surface area contributed by atoms with Crippen molar-refractivity contribution < 1.29 is 9.84 Å². The van der Waals surface area contributed by atoms with Crippen LogP contribution in [0.25, 0.3) is 0 Å². The van der Waals surface area contributed by atoms with Crippen molar-refractivity contribution in [3.05, 3.63) is 23.8 Å². The van der Waals surface area contributed by atoms with Crippen LogP contribution in [-0.4, -0.2) is 24.9 Å². The number of nitrogens with one attached hydrogen (secondary N) is 1. The number of rotatable bonds is 2. The van der Waals surface area contributed by atoms with Gasteiger partial charge in [0.25, 0.3) is 0 Å². The molecule has 1 atom stereocenters. The zero-order chi connectivity index (χ0) is 9.26. The van der Waals surface area contributed by atoms with Crippen LogP contribution in [-0.2, 0) is 6.42 Å². The molecule has 1 aromatic rings. The lowest BCUT2D eigenvalue weighted by atomic mass is 10.1. The highest BCUT2D eigenvalue weighted by Crippen LogP contribution is 2.32. The van der Waals surface area contributed by atoms with Gasteiger partial charge in [0.15, 0.2) is 0 Å². The van der Waals surface area contributed by atoms with Gasteiger partial charge in [-0.3, -0.25) is 0 Å². The molecule has 0 unspecified atom stereocenters. The monoisotopic (exact) mass is 179 g/mol. The van der Waals surface area contributed by atoms with Crippen LogP contribution < -0.4 is 10.1 Å². The van der Waals surface area contributed by atoms with Crippen molar-refractivity contribution in [1.82, 2.24) is 0 Å². The summed E-state index contributed by atoms with van der Waals surface area (Å²) < 4.78 is 5.23. The molecule has 0 amide bonds. The molecule has 0 aromatic heterocycles. The van der Waals surface area contributed by atoms with E-state index >= 15 is 0 Å². The van der Waals surface area contributed by atoms with Crippen LogP contribution in [0.1, 0.15) is 5.56 Å². The molecule has 2 N–H and O–H groups in total. The summed E-state index contributed by atoms with van der Waals surface area (Å²) in [5.41, 5.74) is 2.25. The Morgan fingerprint density at radius 3 is 3.15 bits per heavy atom. The summed E-state index contributed by atoms with van der Waals surface area (Å²) in [6, 6.07) is 6.05. The Hall–Kier alpha value is -1.22. The maximum Gasteiger partial charge on any atom is 0.124 e. The van der Waals surface area contributed by atoms with E-state index in [1.165, 1.54) is 5.56 Å². The van der Waals surface area contributed by atoms with E-state index in [9.17, 15) is 0 Å². The molecule has 3 heteroatoms. The summed E-state index contributed by atoms with van der Waals surface area (Å²) in [4.78, 5) is 0. The normalized spacial score (nSPS) is 19.4. The topological polar surface area (TPSA) is 41.5 Å². The second kappa shape index (κ2) is 3.26. The van der Waals surface area contributed by atoms with Crippen molar-refractivity contribution in [2.75, 3.05) is 19.0 Å². The summed E-state index contributed by atoms with van der Waals surface area (Å²) in [6.45, 7) is 0.165. The summed E-state index contributed by atoms with van der Waals surface area (Å²) in [5, 5.41) is 12.2. The second-order valence-electron chi connectivity index (χ2n) is 3.21. The summed E-state index contributed by atoms with van der Waals surface area (Å²) >= 11 is 0. The zero-order valence-electron chi connectivity index (χ0n) is 7.58. The smallest absolute Gasteiger partial charge is 0.124 e. The van der Waals surface area contributed by atoms with E-state index in [-0.39, 0.29) is 12.6 Å². The summed E-state index contributed by atoms with van der Waals surface area (Å²) in [6.07, 6.45) is 0.843. The van der Waals surface area contributed by atoms with Gasteiger partial charge in [-0.15, -0.1) is 0 Å². The molecule has 13 heavy (non-hydrogen) atoms. The predicted molar refractivity (Wildman–Crippen MR) is 51.2 cm³/mol. The van der Waals surface area contributed by atoms with Crippen LogP contribution in [0.4, 0.5) is 5.69 Å². The van der Waals surface area contributed by atoms with Crippen LogP contribution in [0.15, 0.2) is 18.2 Å². The van der Waals surface area contributed by atoms with E-state index in [0.717, 1.165) is 17.9 Å². The van der Waals surface area contributed by atoms with Crippen molar-refractivity contribution in [3.63, 3.8) is 0 Å². The number of fused-ring (bicyclic) bond motifs is 1. The number of aliphatic hydroxyl groups excluding tert-OH is 1. The second-order valence-corrected chi connectivity index (χ2v) is 3.21. The first kappa shape index (κ1) is 8.38. The van der Waals surface area contributed by atoms with E-state index in [0.29, 0.717) is 0 Å². The van der Waals surface area contributed by atoms with Crippen molar-refractivity contribution in [3.8, 4) is 5.75 Å². The summed E-state index contributed by atoms with van der Waals surface area (Å²) in [5.74, 6) is 0.904. The van der Waals surface area contributed by atoms with E-state index in [1.54, 1.807) is 7.11 Å². The fourth-order valence-corrected chi connectivity index (χ4v) is 1.73. The van der Waals surface area contributed by atoms with Crippen molar-refractivity contribution >= 4 is 5.69 Å². The van der Waals surface area contributed by atoms with Gasteiger partial charge in [-0.2, -0.15) is 0 Å². The van der Waals surface area contributed by atoms with E-state index < -0.39 is 0 Å². The molecule has 0 aliphatic carbocycles. The third-order valence-electron chi connectivity index (χ3n) is 2.38. The van der Waals surface area contributed by atoms with Crippen LogP contribution in [0.3, 0.4) is 0 Å². The number of hydrogen-bond donors (Lipinski definition) is 2. The number of ether oxygens (including phenoxy) is 1. The average Bonchev–Trinajstić information content (AvgIpc) is 2.59. The minimum Gasteiger partial charge on any atom is -0.496 e. The summed E-state index contributed by atoms with van der Waals surface area (Å²) in [7, 11) is 1.67. The fraction of sp³-hybridized carbons (Fsp3) is 0.400. The largest absolute Gasteiger partial charge is 0.496 e. The SMILES string of the molecule is COc1cccc2c1C[C@H](CO)N2. The molecule has 1 aromatic carbocycles. The number of benzene rings is 1. The standard InChI is InChI=1S/C10H13NO2/c1-13-10-4-2-3-9-8(10)5-7(6-12)11-9/h2-4,7,11-12H,5-6H2,1H3/t7-/m1/s1. The quantitative estimate of drug-likeness (QED) is 0.712. The van der Waals surface area contributed by atoms with E-state index in [4.69, 9.17) is 9.84 Å². The minimum atomic E-state index is 0.145. The average molecular weight is 179 g/mol. The number of anilines is 1. The van der Waals surface area contributed by atoms with Crippen molar-refractivity contribution in [2.24, 2.45) is 0 Å². The predicted octanol–water partition coefficient (Wildman–Crippen LogP) is 1.02. The lowest BCUT2D eigenvalue weighted by Crippen LogP contribution is -2.19. The highest BCUT2D eigenvalue weighted by Gasteiger charge is 2.22. The maximum atomic E-state index is 9.00. The van der Waals surface area contributed by atoms with Gasteiger partial charge in [-0.25, -0.2) is 0 Å². The van der Waals surface area contributed by atoms with Crippen LogP contribution >= 0.6 is 0 Å². The van der Waals surface area contributed by atoms with Gasteiger partial charge < -0.3 is 15.2 Å². The highest BCUT2D eigenvalue weighted by atomic mass is 16.5. The van der Waals surface area contributed by atoms with E-state index in [1.807, 2.05) is 18.2 Å². The molecule has 0 spiro atoms. The Labute approximate surface area is 77.3 Å². The zero-order valence-corrected chi connectivity index (χ0v) is 7.58. The van der Waals surface area contributed by atoms with Gasteiger partial charge in [0.05, 0.1) is 19.8 Å². The van der Waals surface area contributed by atoms with Crippen molar-refractivity contribution in [1.29, 1.82) is 0 Å². The first-order chi connectivity index (χ1) is 6.35. The minimum absolute atomic E-state index is 0.145. The molecule has 1 aliphatic rings. The van der Waals surface area contributed by atoms with E-state index in [2.05, 4.69) is 5.32 Å². The molecule has 0 radical (unpaired) electrons. The number of hydrogen-bond acceptors (Lipinski definition) is 3. The van der Waals surface area contributed by atoms with Gasteiger partial charge in [0.1, 0.15) is 5.75 Å². The molecule has 0 fully saturated rings. The molecule has 70 valence electrons. The Morgan fingerprint density at radius 2 is 2.46 bits per heavy atom. The van der Waals surface area contributed by atoms with Gasteiger partial charge in [0, 0.05) is 17.7 Å². The first-order valence-electron chi connectivity index (χ1n) is 4.38. The first-order valence-corrected chi connectivity index (χ1v) is 4.38. The molecule has 1 aliphatic heterocycles. The third-order valence-corrected chi connectivity index (χ3v) is 2.38.